The second kappa shape index (κ2) is 9.79. The first-order valence-corrected chi connectivity index (χ1v) is 10.1. The van der Waals surface area contributed by atoms with Crippen molar-refractivity contribution in [3.8, 4) is 11.8 Å². The molecule has 2 amide bonds. The van der Waals surface area contributed by atoms with Crippen molar-refractivity contribution in [2.45, 2.75) is 13.3 Å². The summed E-state index contributed by atoms with van der Waals surface area (Å²) in [6.07, 6.45) is 0.0155. The molecule has 0 saturated heterocycles. The molecule has 0 atom stereocenters. The molecule has 8 nitrogen and oxygen atoms in total. The molecule has 32 heavy (non-hydrogen) atoms. The quantitative estimate of drug-likeness (QED) is 0.323. The van der Waals surface area contributed by atoms with E-state index in [9.17, 15) is 14.4 Å². The fourth-order valence-electron chi connectivity index (χ4n) is 3.24. The maximum Gasteiger partial charge on any atom is 0.307 e. The van der Waals surface area contributed by atoms with E-state index in [1.165, 1.54) is 9.80 Å². The number of rotatable bonds is 5. The Kier molecular flexibility index (Phi) is 6.90. The van der Waals surface area contributed by atoms with E-state index in [1.807, 2.05) is 0 Å². The van der Waals surface area contributed by atoms with E-state index in [4.69, 9.17) is 15.9 Å². The molecule has 8 heteroatoms. The Morgan fingerprint density at radius 2 is 1.78 bits per heavy atom. The normalized spacial score (nSPS) is 13.1. The summed E-state index contributed by atoms with van der Waals surface area (Å²) in [5, 5.41) is 7.44. The van der Waals surface area contributed by atoms with Gasteiger partial charge in [0.1, 0.15) is 12.4 Å². The second-order valence-corrected chi connectivity index (χ2v) is 7.21. The number of benzene rings is 2. The van der Waals surface area contributed by atoms with Crippen molar-refractivity contribution in [1.29, 1.82) is 5.41 Å². The number of amides is 2. The number of nitrogen functional groups attached to an aromatic ring is 1. The van der Waals surface area contributed by atoms with E-state index < -0.39 is 5.97 Å². The van der Waals surface area contributed by atoms with Gasteiger partial charge < -0.3 is 20.3 Å². The number of carbonyl (C=O) groups is 3. The molecule has 0 aromatic heterocycles. The van der Waals surface area contributed by atoms with E-state index in [-0.39, 0.29) is 43.8 Å². The molecule has 2 aromatic carbocycles. The minimum absolute atomic E-state index is 0.0139. The third-order valence-corrected chi connectivity index (χ3v) is 5.01. The molecule has 1 heterocycles. The zero-order chi connectivity index (χ0) is 23.3. The van der Waals surface area contributed by atoms with E-state index >= 15 is 0 Å². The van der Waals surface area contributed by atoms with Gasteiger partial charge in [0.25, 0.3) is 5.91 Å². The Bertz CT molecular complexity index is 1130. The van der Waals surface area contributed by atoms with Crippen LogP contribution in [0.25, 0.3) is 0 Å². The maximum absolute atomic E-state index is 13.1. The molecule has 0 bridgehead atoms. The summed E-state index contributed by atoms with van der Waals surface area (Å²) in [5.74, 6) is 5.04. The molecule has 0 radical (unpaired) electrons. The first-order valence-electron chi connectivity index (χ1n) is 10.1. The molecule has 0 spiro atoms. The van der Waals surface area contributed by atoms with Crippen LogP contribution in [0.4, 0.5) is 5.69 Å². The average Bonchev–Trinajstić information content (AvgIpc) is 2.87. The van der Waals surface area contributed by atoms with Gasteiger partial charge >= 0.3 is 5.97 Å². The van der Waals surface area contributed by atoms with Gasteiger partial charge in [0.2, 0.25) is 5.91 Å². The molecule has 0 aliphatic carbocycles. The van der Waals surface area contributed by atoms with Crippen molar-refractivity contribution >= 4 is 29.3 Å². The number of fused-ring (bicyclic) bond motifs is 1. The van der Waals surface area contributed by atoms with Crippen LogP contribution in [-0.2, 0) is 14.3 Å². The van der Waals surface area contributed by atoms with E-state index in [0.717, 1.165) is 5.56 Å². The number of nitrogens with zero attached hydrogens (tertiary/aromatic N) is 2. The topological polar surface area (TPSA) is 117 Å². The summed E-state index contributed by atoms with van der Waals surface area (Å²) >= 11 is 0. The van der Waals surface area contributed by atoms with Crippen molar-refractivity contribution in [1.82, 2.24) is 4.90 Å². The summed E-state index contributed by atoms with van der Waals surface area (Å²) in [7, 11) is 1.62. The summed E-state index contributed by atoms with van der Waals surface area (Å²) in [5.41, 5.74) is 8.27. The molecule has 0 fully saturated rings. The third kappa shape index (κ3) is 5.13. The second-order valence-electron chi connectivity index (χ2n) is 7.21. The van der Waals surface area contributed by atoms with Crippen LogP contribution in [0.1, 0.15) is 40.4 Å². The molecule has 164 valence electrons. The van der Waals surface area contributed by atoms with E-state index in [2.05, 4.69) is 11.8 Å². The Morgan fingerprint density at radius 1 is 1.12 bits per heavy atom. The van der Waals surface area contributed by atoms with Crippen molar-refractivity contribution in [3.05, 3.63) is 64.7 Å². The molecule has 2 aromatic rings. The lowest BCUT2D eigenvalue weighted by molar-refractivity contribution is -0.143. The van der Waals surface area contributed by atoms with E-state index in [0.29, 0.717) is 22.4 Å². The van der Waals surface area contributed by atoms with Crippen LogP contribution in [0.2, 0.25) is 0 Å². The predicted octanol–water partition coefficient (Wildman–Crippen LogP) is 1.74. The Hall–Kier alpha value is -4.12. The zero-order valence-electron chi connectivity index (χ0n) is 18.0. The summed E-state index contributed by atoms with van der Waals surface area (Å²) in [4.78, 5) is 40.2. The summed E-state index contributed by atoms with van der Waals surface area (Å²) in [6.45, 7) is 1.95. The number of amidine groups is 1. The summed E-state index contributed by atoms with van der Waals surface area (Å²) < 4.78 is 4.92. The molecule has 3 N–H and O–H groups in total. The van der Waals surface area contributed by atoms with Gasteiger partial charge in [-0.3, -0.25) is 19.8 Å². The number of nitrogens with one attached hydrogen (secondary N) is 1. The SMILES string of the molecule is CCOC(=O)CCN1CC(=O)N(C)c2ccc(C#Cc3ccc(C(=N)N)cc3)cc2C1=O. The number of likely N-dealkylation sites (N-methyl/N-ethyl adjacent to an activating group) is 1. The zero-order valence-corrected chi connectivity index (χ0v) is 18.0. The van der Waals surface area contributed by atoms with Gasteiger partial charge in [-0.05, 0) is 37.3 Å². The van der Waals surface area contributed by atoms with E-state index in [1.54, 1.807) is 56.4 Å². The first kappa shape index (κ1) is 22.6. The smallest absolute Gasteiger partial charge is 0.307 e. The van der Waals surface area contributed by atoms with Crippen molar-refractivity contribution in [2.75, 3.05) is 31.6 Å². The van der Waals surface area contributed by atoms with Crippen molar-refractivity contribution in [2.24, 2.45) is 5.73 Å². The minimum atomic E-state index is -0.416. The van der Waals surface area contributed by atoms with Crippen LogP contribution < -0.4 is 10.6 Å². The average molecular weight is 432 g/mol. The number of nitrogens with two attached hydrogens (primary N) is 1. The van der Waals surface area contributed by atoms with Gasteiger partial charge in [0.05, 0.1) is 24.3 Å². The number of esters is 1. The molecular formula is C24H24N4O4. The fourth-order valence-corrected chi connectivity index (χ4v) is 3.24. The monoisotopic (exact) mass is 432 g/mol. The number of ether oxygens (including phenoxy) is 1. The lowest BCUT2D eigenvalue weighted by Gasteiger charge is -2.19. The highest BCUT2D eigenvalue weighted by molar-refractivity contribution is 6.09. The van der Waals surface area contributed by atoms with Gasteiger partial charge in [0.15, 0.2) is 0 Å². The fraction of sp³-hybridized carbons (Fsp3) is 0.250. The van der Waals surface area contributed by atoms with Gasteiger partial charge in [-0.2, -0.15) is 0 Å². The molecule has 0 unspecified atom stereocenters. The van der Waals surface area contributed by atoms with Crippen molar-refractivity contribution in [3.63, 3.8) is 0 Å². The molecule has 1 aliphatic rings. The highest BCUT2D eigenvalue weighted by Crippen LogP contribution is 2.26. The van der Waals surface area contributed by atoms with Crippen LogP contribution in [-0.4, -0.2) is 55.3 Å². The Balaban J connectivity index is 1.87. The maximum atomic E-state index is 13.1. The van der Waals surface area contributed by atoms with Crippen LogP contribution >= 0.6 is 0 Å². The third-order valence-electron chi connectivity index (χ3n) is 5.01. The van der Waals surface area contributed by atoms with Crippen molar-refractivity contribution < 1.29 is 19.1 Å². The minimum Gasteiger partial charge on any atom is -0.466 e. The number of hydrogen-bond donors (Lipinski definition) is 2. The number of anilines is 1. The molecular weight excluding hydrogens is 408 g/mol. The van der Waals surface area contributed by atoms with Crippen LogP contribution in [0.3, 0.4) is 0 Å². The Labute approximate surface area is 186 Å². The highest BCUT2D eigenvalue weighted by atomic mass is 16.5. The summed E-state index contributed by atoms with van der Waals surface area (Å²) in [6, 6.07) is 12.1. The number of carbonyl (C=O) groups excluding carboxylic acids is 3. The van der Waals surface area contributed by atoms with Gasteiger partial charge in [-0.15, -0.1) is 0 Å². The molecule has 3 rings (SSSR count). The lowest BCUT2D eigenvalue weighted by Crippen LogP contribution is -2.39. The highest BCUT2D eigenvalue weighted by Gasteiger charge is 2.30. The standard InChI is InChI=1S/C24H24N4O4/c1-3-32-22(30)12-13-28-15-21(29)27(2)20-11-8-17(14-19(20)24(28)31)5-4-16-6-9-18(10-7-16)23(25)26/h6-11,14H,3,12-13,15H2,1-2H3,(H3,25,26). The molecule has 0 saturated carbocycles. The van der Waals surface area contributed by atoms with Crippen LogP contribution in [0, 0.1) is 17.3 Å². The Morgan fingerprint density at radius 3 is 2.44 bits per heavy atom. The van der Waals surface area contributed by atoms with Crippen LogP contribution in [0.5, 0.6) is 0 Å². The number of hydrogen-bond acceptors (Lipinski definition) is 5. The first-order chi connectivity index (χ1) is 15.3. The van der Waals surface area contributed by atoms with Gasteiger partial charge in [0, 0.05) is 30.3 Å². The molecule has 1 aliphatic heterocycles. The predicted molar refractivity (Wildman–Crippen MR) is 120 cm³/mol. The van der Waals surface area contributed by atoms with Crippen LogP contribution in [0.15, 0.2) is 42.5 Å². The largest absolute Gasteiger partial charge is 0.466 e. The van der Waals surface area contributed by atoms with Gasteiger partial charge in [-0.1, -0.05) is 24.0 Å². The van der Waals surface area contributed by atoms with Gasteiger partial charge in [-0.25, -0.2) is 0 Å². The lowest BCUT2D eigenvalue weighted by atomic mass is 10.1.